The van der Waals surface area contributed by atoms with Crippen LogP contribution < -0.4 is 9.46 Å². The van der Waals surface area contributed by atoms with Gasteiger partial charge in [0.2, 0.25) is 10.0 Å². The molecule has 1 N–H and O–H groups in total. The van der Waals surface area contributed by atoms with Gasteiger partial charge in [-0.15, -0.1) is 0 Å². The topological polar surface area (TPSA) is 68.3 Å². The minimum atomic E-state index is -3.67. The lowest BCUT2D eigenvalue weighted by atomic mass is 10.2. The van der Waals surface area contributed by atoms with Gasteiger partial charge < -0.3 is 4.74 Å². The second kappa shape index (κ2) is 8.40. The van der Waals surface area contributed by atoms with Gasteiger partial charge in [-0.2, -0.15) is 4.72 Å². The van der Waals surface area contributed by atoms with E-state index in [-0.39, 0.29) is 18.0 Å². The fourth-order valence-corrected chi connectivity index (χ4v) is 3.93. The van der Waals surface area contributed by atoms with Crippen LogP contribution in [0.4, 0.5) is 0 Å². The maximum Gasteiger partial charge on any atom is 0.241 e. The number of fused-ring (bicyclic) bond motifs is 1. The Kier molecular flexibility index (Phi) is 5.97. The minimum Gasteiger partial charge on any atom is -0.479 e. The predicted molar refractivity (Wildman–Crippen MR) is 106 cm³/mol. The van der Waals surface area contributed by atoms with E-state index >= 15 is 0 Å². The third-order valence-electron chi connectivity index (χ3n) is 3.88. The Bertz CT molecular complexity index is 1130. The number of nitrogens with zero attached hydrogens (tertiary/aromatic N) is 1. The predicted octanol–water partition coefficient (Wildman–Crippen LogP) is 3.56. The zero-order chi connectivity index (χ0) is 19.3. The van der Waals surface area contributed by atoms with Crippen molar-refractivity contribution < 1.29 is 13.2 Å². The second-order valence-corrected chi connectivity index (χ2v) is 7.80. The SMILES string of the molecule is Cc1c(Cl)cccc1S(=O)(=O)NCC#CCOc1cccc2cccnc12. The zero-order valence-corrected chi connectivity index (χ0v) is 16.1. The summed E-state index contributed by atoms with van der Waals surface area (Å²) in [7, 11) is -3.67. The van der Waals surface area contributed by atoms with E-state index in [1.807, 2.05) is 30.3 Å². The first-order chi connectivity index (χ1) is 13.0. The number of benzene rings is 2. The summed E-state index contributed by atoms with van der Waals surface area (Å²) in [5, 5.41) is 1.38. The fourth-order valence-electron chi connectivity index (χ4n) is 2.51. The summed E-state index contributed by atoms with van der Waals surface area (Å²) in [6, 6.07) is 14.2. The van der Waals surface area contributed by atoms with Gasteiger partial charge in [0.1, 0.15) is 17.9 Å². The van der Waals surface area contributed by atoms with Crippen LogP contribution in [0.25, 0.3) is 10.9 Å². The summed E-state index contributed by atoms with van der Waals surface area (Å²) in [6.45, 7) is 1.77. The number of nitrogens with one attached hydrogen (secondary N) is 1. The Balaban J connectivity index is 1.59. The molecule has 0 saturated heterocycles. The average molecular weight is 401 g/mol. The molecule has 3 aromatic rings. The van der Waals surface area contributed by atoms with Crippen molar-refractivity contribution in [3.63, 3.8) is 0 Å². The first-order valence-electron chi connectivity index (χ1n) is 8.16. The Labute approximate surface area is 163 Å². The van der Waals surface area contributed by atoms with Crippen molar-refractivity contribution in [1.82, 2.24) is 9.71 Å². The van der Waals surface area contributed by atoms with E-state index in [9.17, 15) is 8.42 Å². The molecule has 138 valence electrons. The largest absolute Gasteiger partial charge is 0.479 e. The van der Waals surface area contributed by atoms with Gasteiger partial charge in [0, 0.05) is 16.6 Å². The number of ether oxygens (including phenoxy) is 1. The summed E-state index contributed by atoms with van der Waals surface area (Å²) in [5.74, 6) is 6.18. The molecule has 5 nitrogen and oxygen atoms in total. The van der Waals surface area contributed by atoms with Crippen molar-refractivity contribution in [2.45, 2.75) is 11.8 Å². The molecular weight excluding hydrogens is 384 g/mol. The molecule has 2 aromatic carbocycles. The Morgan fingerprint density at radius 2 is 1.89 bits per heavy atom. The molecule has 0 spiro atoms. The standard InChI is InChI=1S/C20H17ClN2O3S/c1-15-17(21)9-5-11-19(15)27(24,25)23-13-2-3-14-26-18-10-4-7-16-8-6-12-22-20(16)18/h4-12,23H,13-14H2,1H3. The van der Waals surface area contributed by atoms with Crippen LogP contribution in [0.1, 0.15) is 5.56 Å². The molecule has 7 heteroatoms. The van der Waals surface area contributed by atoms with E-state index in [4.69, 9.17) is 16.3 Å². The number of hydrogen-bond donors (Lipinski definition) is 1. The van der Waals surface area contributed by atoms with Crippen molar-refractivity contribution >= 4 is 32.5 Å². The number of aromatic nitrogens is 1. The minimum absolute atomic E-state index is 0.0224. The van der Waals surface area contributed by atoms with Gasteiger partial charge in [0.25, 0.3) is 0 Å². The summed E-state index contributed by atoms with van der Waals surface area (Å²) in [5.41, 5.74) is 1.27. The van der Waals surface area contributed by atoms with E-state index in [0.717, 1.165) is 10.9 Å². The van der Waals surface area contributed by atoms with Gasteiger partial charge >= 0.3 is 0 Å². The smallest absolute Gasteiger partial charge is 0.241 e. The van der Waals surface area contributed by atoms with E-state index in [0.29, 0.717) is 16.3 Å². The van der Waals surface area contributed by atoms with Crippen LogP contribution in [-0.2, 0) is 10.0 Å². The van der Waals surface area contributed by atoms with Crippen LogP contribution in [0.15, 0.2) is 59.6 Å². The van der Waals surface area contributed by atoms with Gasteiger partial charge in [-0.1, -0.05) is 47.7 Å². The quantitative estimate of drug-likeness (QED) is 0.665. The van der Waals surface area contributed by atoms with E-state index in [2.05, 4.69) is 21.5 Å². The van der Waals surface area contributed by atoms with Crippen LogP contribution in [0.2, 0.25) is 5.02 Å². The highest BCUT2D eigenvalue weighted by molar-refractivity contribution is 7.89. The van der Waals surface area contributed by atoms with Crippen molar-refractivity contribution in [1.29, 1.82) is 0 Å². The number of rotatable bonds is 5. The lowest BCUT2D eigenvalue weighted by Crippen LogP contribution is -2.24. The van der Waals surface area contributed by atoms with E-state index in [1.165, 1.54) is 6.07 Å². The molecule has 0 atom stereocenters. The number of hydrogen-bond acceptors (Lipinski definition) is 4. The average Bonchev–Trinajstić information content (AvgIpc) is 2.66. The molecule has 0 radical (unpaired) electrons. The highest BCUT2D eigenvalue weighted by Gasteiger charge is 2.16. The highest BCUT2D eigenvalue weighted by atomic mass is 35.5. The molecular formula is C20H17ClN2O3S. The van der Waals surface area contributed by atoms with Crippen LogP contribution >= 0.6 is 11.6 Å². The van der Waals surface area contributed by atoms with Crippen molar-refractivity contribution in [2.75, 3.05) is 13.2 Å². The van der Waals surface area contributed by atoms with Crippen molar-refractivity contribution in [2.24, 2.45) is 0 Å². The van der Waals surface area contributed by atoms with E-state index < -0.39 is 10.0 Å². The number of sulfonamides is 1. The Morgan fingerprint density at radius 1 is 1.11 bits per heavy atom. The second-order valence-electron chi connectivity index (χ2n) is 5.66. The zero-order valence-electron chi connectivity index (χ0n) is 14.6. The molecule has 0 fully saturated rings. The highest BCUT2D eigenvalue weighted by Crippen LogP contribution is 2.23. The molecule has 0 aliphatic carbocycles. The molecule has 27 heavy (non-hydrogen) atoms. The normalized spacial score (nSPS) is 11.0. The first-order valence-corrected chi connectivity index (χ1v) is 10.0. The van der Waals surface area contributed by atoms with Crippen LogP contribution in [0.5, 0.6) is 5.75 Å². The molecule has 0 aliphatic heterocycles. The third kappa shape index (κ3) is 4.58. The van der Waals surface area contributed by atoms with Gasteiger partial charge in [-0.05, 0) is 36.8 Å². The molecule has 0 saturated carbocycles. The molecule has 1 aromatic heterocycles. The summed E-state index contributed by atoms with van der Waals surface area (Å²) in [6.07, 6.45) is 1.70. The number of para-hydroxylation sites is 1. The lowest BCUT2D eigenvalue weighted by molar-refractivity contribution is 0.374. The molecule has 0 amide bonds. The van der Waals surface area contributed by atoms with E-state index in [1.54, 1.807) is 25.3 Å². The molecule has 3 rings (SSSR count). The Morgan fingerprint density at radius 3 is 2.74 bits per heavy atom. The Hall–Kier alpha value is -2.59. The summed E-state index contributed by atoms with van der Waals surface area (Å²) < 4.78 is 32.7. The lowest BCUT2D eigenvalue weighted by Gasteiger charge is -2.08. The van der Waals surface area contributed by atoms with Crippen molar-refractivity contribution in [3.05, 3.63) is 65.3 Å². The van der Waals surface area contributed by atoms with Crippen LogP contribution in [-0.4, -0.2) is 26.6 Å². The molecule has 1 heterocycles. The fraction of sp³-hybridized carbons (Fsp3) is 0.150. The van der Waals surface area contributed by atoms with Gasteiger partial charge in [-0.25, -0.2) is 8.42 Å². The van der Waals surface area contributed by atoms with Crippen LogP contribution in [0.3, 0.4) is 0 Å². The van der Waals surface area contributed by atoms with Crippen LogP contribution in [0, 0.1) is 18.8 Å². The summed E-state index contributed by atoms with van der Waals surface area (Å²) >= 11 is 5.98. The maximum atomic E-state index is 12.3. The molecule has 0 bridgehead atoms. The van der Waals surface area contributed by atoms with Gasteiger partial charge in [0.05, 0.1) is 11.4 Å². The third-order valence-corrected chi connectivity index (χ3v) is 5.83. The monoisotopic (exact) mass is 400 g/mol. The molecule has 0 unspecified atom stereocenters. The summed E-state index contributed by atoms with van der Waals surface area (Å²) in [4.78, 5) is 4.45. The first kappa shape index (κ1) is 19.2. The van der Waals surface area contributed by atoms with Gasteiger partial charge in [-0.3, -0.25) is 4.98 Å². The molecule has 0 aliphatic rings. The number of halogens is 1. The maximum absolute atomic E-state index is 12.3. The van der Waals surface area contributed by atoms with Crippen molar-refractivity contribution in [3.8, 4) is 17.6 Å². The number of pyridine rings is 1. The van der Waals surface area contributed by atoms with Gasteiger partial charge in [0.15, 0.2) is 0 Å².